The van der Waals surface area contributed by atoms with Crippen LogP contribution in [-0.2, 0) is 16.0 Å². The van der Waals surface area contributed by atoms with Crippen LogP contribution in [0.2, 0.25) is 5.02 Å². The van der Waals surface area contributed by atoms with Gasteiger partial charge in [-0.3, -0.25) is 19.8 Å². The number of carbonyl (C=O) groups excluding carboxylic acids is 2. The highest BCUT2D eigenvalue weighted by Crippen LogP contribution is 2.44. The van der Waals surface area contributed by atoms with Crippen LogP contribution in [0.3, 0.4) is 0 Å². The van der Waals surface area contributed by atoms with Gasteiger partial charge in [-0.2, -0.15) is 0 Å². The number of nitrogens with zero attached hydrogens (tertiary/aromatic N) is 2. The molecule has 2 aliphatic heterocycles. The van der Waals surface area contributed by atoms with E-state index in [-0.39, 0.29) is 16.2 Å². The lowest BCUT2D eigenvalue weighted by Gasteiger charge is -2.45. The molecule has 2 heterocycles. The fraction of sp³-hybridized carbons (Fsp3) is 0.346. The standard InChI is InChI=1S/C26H28ClN3O2S/c1-6-16-7-9-18(10-8-16)30-24(32)20(23(31)28-25(30)33)12-17-11-19-15(2)14-26(3,4)29(5)22(19)13-21(17)27/h7-13,15H,6,14H2,1-5H3,(H,28,31,33)/b20-12+/t15-/m0/s1. The number of halogens is 1. The van der Waals surface area contributed by atoms with Crippen LogP contribution in [0.5, 0.6) is 0 Å². The maximum atomic E-state index is 13.4. The van der Waals surface area contributed by atoms with Gasteiger partial charge in [-0.25, -0.2) is 0 Å². The Morgan fingerprint density at radius 1 is 1.21 bits per heavy atom. The van der Waals surface area contributed by atoms with E-state index in [4.69, 9.17) is 23.8 Å². The van der Waals surface area contributed by atoms with Gasteiger partial charge in [0.2, 0.25) is 0 Å². The van der Waals surface area contributed by atoms with Crippen LogP contribution >= 0.6 is 23.8 Å². The number of rotatable bonds is 3. The molecule has 2 amide bonds. The van der Waals surface area contributed by atoms with Gasteiger partial charge in [0.1, 0.15) is 5.57 Å². The first-order chi connectivity index (χ1) is 15.5. The first-order valence-corrected chi connectivity index (χ1v) is 11.9. The molecule has 172 valence electrons. The molecule has 0 bridgehead atoms. The molecule has 4 rings (SSSR count). The van der Waals surface area contributed by atoms with E-state index < -0.39 is 11.8 Å². The highest BCUT2D eigenvalue weighted by Gasteiger charge is 2.36. The molecule has 2 aliphatic rings. The van der Waals surface area contributed by atoms with Crippen LogP contribution in [-0.4, -0.2) is 29.5 Å². The van der Waals surface area contributed by atoms with Gasteiger partial charge in [-0.15, -0.1) is 0 Å². The Morgan fingerprint density at radius 3 is 2.52 bits per heavy atom. The minimum Gasteiger partial charge on any atom is -0.369 e. The number of fused-ring (bicyclic) bond motifs is 1. The zero-order chi connectivity index (χ0) is 24.1. The third kappa shape index (κ3) is 4.18. The second-order valence-electron chi connectivity index (χ2n) is 9.39. The predicted molar refractivity (Wildman–Crippen MR) is 139 cm³/mol. The summed E-state index contributed by atoms with van der Waals surface area (Å²) in [7, 11) is 2.07. The Morgan fingerprint density at radius 2 is 1.88 bits per heavy atom. The minimum absolute atomic E-state index is 0.00200. The number of amides is 2. The van der Waals surface area contributed by atoms with Crippen LogP contribution in [0.15, 0.2) is 42.0 Å². The summed E-state index contributed by atoms with van der Waals surface area (Å²) in [4.78, 5) is 29.7. The molecule has 2 aromatic carbocycles. The molecule has 1 saturated heterocycles. The van der Waals surface area contributed by atoms with E-state index in [0.29, 0.717) is 22.2 Å². The van der Waals surface area contributed by atoms with Crippen LogP contribution in [0.4, 0.5) is 11.4 Å². The number of hydrogen-bond donors (Lipinski definition) is 1. The first kappa shape index (κ1) is 23.5. The Labute approximate surface area is 205 Å². The van der Waals surface area contributed by atoms with Gasteiger partial charge in [0.15, 0.2) is 5.11 Å². The van der Waals surface area contributed by atoms with Gasteiger partial charge in [0, 0.05) is 23.3 Å². The molecular weight excluding hydrogens is 454 g/mol. The Bertz CT molecular complexity index is 1190. The van der Waals surface area contributed by atoms with Crippen molar-refractivity contribution >= 4 is 58.2 Å². The number of carbonyl (C=O) groups is 2. The molecule has 1 N–H and O–H groups in total. The molecule has 1 atom stereocenters. The average molecular weight is 482 g/mol. The van der Waals surface area contributed by atoms with Crippen LogP contribution < -0.4 is 15.1 Å². The Hall–Kier alpha value is -2.70. The maximum absolute atomic E-state index is 13.4. The summed E-state index contributed by atoms with van der Waals surface area (Å²) in [6.07, 6.45) is 3.45. The Balaban J connectivity index is 1.75. The monoisotopic (exact) mass is 481 g/mol. The fourth-order valence-electron chi connectivity index (χ4n) is 4.64. The quantitative estimate of drug-likeness (QED) is 0.359. The van der Waals surface area contributed by atoms with Crippen molar-refractivity contribution in [2.45, 2.75) is 52.0 Å². The molecule has 5 nitrogen and oxygen atoms in total. The highest BCUT2D eigenvalue weighted by atomic mass is 35.5. The number of hydrogen-bond acceptors (Lipinski definition) is 4. The number of nitrogens with one attached hydrogen (secondary N) is 1. The molecule has 33 heavy (non-hydrogen) atoms. The van der Waals surface area contributed by atoms with Gasteiger partial charge in [0.25, 0.3) is 11.8 Å². The number of benzene rings is 2. The second kappa shape index (κ2) is 8.58. The largest absolute Gasteiger partial charge is 0.369 e. The highest BCUT2D eigenvalue weighted by molar-refractivity contribution is 7.80. The lowest BCUT2D eigenvalue weighted by atomic mass is 9.80. The summed E-state index contributed by atoms with van der Waals surface area (Å²) < 4.78 is 0. The molecule has 0 aromatic heterocycles. The van der Waals surface area contributed by atoms with E-state index in [1.165, 1.54) is 4.90 Å². The SMILES string of the molecule is CCc1ccc(N2C(=O)/C(=C/c3cc4c(cc3Cl)N(C)C(C)(C)C[C@@H]4C)C(=O)NC2=S)cc1. The molecule has 1 fully saturated rings. The number of thiocarbonyl (C=S) groups is 1. The van der Waals surface area contributed by atoms with Crippen molar-refractivity contribution in [1.29, 1.82) is 0 Å². The van der Waals surface area contributed by atoms with Crippen molar-refractivity contribution in [3.05, 3.63) is 63.7 Å². The summed E-state index contributed by atoms with van der Waals surface area (Å²) in [5, 5.41) is 3.20. The molecule has 2 aromatic rings. The Kier molecular flexibility index (Phi) is 6.10. The van der Waals surface area contributed by atoms with Gasteiger partial charge in [-0.1, -0.05) is 37.6 Å². The van der Waals surface area contributed by atoms with Gasteiger partial charge < -0.3 is 4.90 Å². The van der Waals surface area contributed by atoms with Crippen molar-refractivity contribution in [2.75, 3.05) is 16.8 Å². The molecule has 0 spiro atoms. The van der Waals surface area contributed by atoms with E-state index in [1.54, 1.807) is 6.08 Å². The zero-order valence-corrected chi connectivity index (χ0v) is 21.1. The van der Waals surface area contributed by atoms with Crippen molar-refractivity contribution in [3.63, 3.8) is 0 Å². The summed E-state index contributed by atoms with van der Waals surface area (Å²) in [6.45, 7) is 8.68. The van der Waals surface area contributed by atoms with Crippen LogP contribution in [0.1, 0.15) is 56.7 Å². The average Bonchev–Trinajstić information content (AvgIpc) is 2.75. The second-order valence-corrected chi connectivity index (χ2v) is 10.2. The summed E-state index contributed by atoms with van der Waals surface area (Å²) in [5.74, 6) is -0.669. The molecule has 0 radical (unpaired) electrons. The van der Waals surface area contributed by atoms with E-state index in [1.807, 2.05) is 36.4 Å². The number of anilines is 2. The topological polar surface area (TPSA) is 52.7 Å². The van der Waals surface area contributed by atoms with E-state index in [9.17, 15) is 9.59 Å². The van der Waals surface area contributed by atoms with Crippen LogP contribution in [0.25, 0.3) is 6.08 Å². The molecule has 7 heteroatoms. The zero-order valence-electron chi connectivity index (χ0n) is 19.5. The van der Waals surface area contributed by atoms with E-state index in [2.05, 4.69) is 45.0 Å². The fourth-order valence-corrected chi connectivity index (χ4v) is 5.14. The molecule has 0 saturated carbocycles. The van der Waals surface area contributed by atoms with E-state index in [0.717, 1.165) is 29.7 Å². The maximum Gasteiger partial charge on any atom is 0.270 e. The van der Waals surface area contributed by atoms with Crippen molar-refractivity contribution in [1.82, 2.24) is 5.32 Å². The summed E-state index contributed by atoms with van der Waals surface area (Å²) >= 11 is 12.0. The lowest BCUT2D eigenvalue weighted by Crippen LogP contribution is -2.54. The van der Waals surface area contributed by atoms with Gasteiger partial charge in [-0.05, 0) is 91.9 Å². The third-order valence-electron chi connectivity index (χ3n) is 6.76. The first-order valence-electron chi connectivity index (χ1n) is 11.1. The predicted octanol–water partition coefficient (Wildman–Crippen LogP) is 5.46. The van der Waals surface area contributed by atoms with Crippen molar-refractivity contribution in [3.8, 4) is 0 Å². The number of aryl methyl sites for hydroxylation is 1. The van der Waals surface area contributed by atoms with Crippen molar-refractivity contribution in [2.24, 2.45) is 0 Å². The van der Waals surface area contributed by atoms with Gasteiger partial charge >= 0.3 is 0 Å². The smallest absolute Gasteiger partial charge is 0.270 e. The molecular formula is C26H28ClN3O2S. The molecule has 0 unspecified atom stereocenters. The normalized spacial score (nSPS) is 21.3. The summed E-state index contributed by atoms with van der Waals surface area (Å²) in [5.41, 5.74) is 4.64. The summed E-state index contributed by atoms with van der Waals surface area (Å²) in [6, 6.07) is 11.5. The van der Waals surface area contributed by atoms with E-state index >= 15 is 0 Å². The lowest BCUT2D eigenvalue weighted by molar-refractivity contribution is -0.122. The van der Waals surface area contributed by atoms with Gasteiger partial charge in [0.05, 0.1) is 5.69 Å². The van der Waals surface area contributed by atoms with Crippen LogP contribution in [0, 0.1) is 0 Å². The molecule has 0 aliphatic carbocycles. The minimum atomic E-state index is -0.522. The third-order valence-corrected chi connectivity index (χ3v) is 7.37. The van der Waals surface area contributed by atoms with Crippen molar-refractivity contribution < 1.29 is 9.59 Å².